The fourth-order valence-corrected chi connectivity index (χ4v) is 6.25. The first-order valence-corrected chi connectivity index (χ1v) is 18.1. The molecule has 0 fully saturated rings. The zero-order chi connectivity index (χ0) is 34.9. The van der Waals surface area contributed by atoms with Gasteiger partial charge in [-0.2, -0.15) is 48.0 Å². The molecule has 0 spiro atoms. The van der Waals surface area contributed by atoms with Crippen LogP contribution in [0.25, 0.3) is 22.3 Å². The Bertz CT molecular complexity index is 1700. The Kier molecular flexibility index (Phi) is 16.8. The van der Waals surface area contributed by atoms with Gasteiger partial charge in [0.15, 0.2) is 0 Å². The van der Waals surface area contributed by atoms with E-state index >= 15 is 0 Å². The van der Waals surface area contributed by atoms with E-state index in [0.29, 0.717) is 0 Å². The molecule has 0 atom stereocenters. The summed E-state index contributed by atoms with van der Waals surface area (Å²) in [7, 11) is 0. The molecule has 0 saturated carbocycles. The summed E-state index contributed by atoms with van der Waals surface area (Å²) >= 11 is 1.30. The van der Waals surface area contributed by atoms with Crippen molar-refractivity contribution in [1.29, 1.82) is 0 Å². The summed E-state index contributed by atoms with van der Waals surface area (Å²) in [6.07, 6.45) is 19.3. The standard InChI is InChI=1S/C27H29.2C6H4F.C5H5.CH2.2ClH.Zr/c1-16-7-9-26(3,4)24-12-18-11-19-13-25-21(17(2)8-10-27(25,5)6)15-23(19)22(18)14-20(16)24;2*7-6-4-2-1-3-5-6;1-2-4-5-3-1;;;;/h7-9,12-15H,10-11H2,1-6H3;2*2-5H;1-3H,4H2;1H2;2*1H;/q4*-1;;;;. The summed E-state index contributed by atoms with van der Waals surface area (Å²) in [6.45, 7) is 13.9. The van der Waals surface area contributed by atoms with Crippen LogP contribution in [0.1, 0.15) is 87.8 Å². The second-order valence-electron chi connectivity index (χ2n) is 13.4. The Morgan fingerprint density at radius 3 is 1.64 bits per heavy atom. The Morgan fingerprint density at radius 2 is 1.22 bits per heavy atom. The van der Waals surface area contributed by atoms with Crippen molar-refractivity contribution in [3.05, 3.63) is 173 Å². The molecule has 8 rings (SSSR count). The molecule has 4 aliphatic rings. The summed E-state index contributed by atoms with van der Waals surface area (Å²) in [5.74, 6) is -0.419. The van der Waals surface area contributed by atoms with Gasteiger partial charge in [0.2, 0.25) is 0 Å². The van der Waals surface area contributed by atoms with E-state index < -0.39 is 0 Å². The molecule has 0 amide bonds. The molecular formula is C45H46Cl2F2Zr-4. The second-order valence-corrected chi connectivity index (χ2v) is 13.4. The van der Waals surface area contributed by atoms with Crippen LogP contribution in [0.4, 0.5) is 8.78 Å². The van der Waals surface area contributed by atoms with Crippen molar-refractivity contribution in [2.45, 2.75) is 71.6 Å². The van der Waals surface area contributed by atoms with Crippen LogP contribution in [0.3, 0.4) is 0 Å². The van der Waals surface area contributed by atoms with Gasteiger partial charge in [-0.3, -0.25) is 6.08 Å². The van der Waals surface area contributed by atoms with Crippen LogP contribution in [0.5, 0.6) is 0 Å². The molecule has 262 valence electrons. The van der Waals surface area contributed by atoms with E-state index in [9.17, 15) is 8.78 Å². The summed E-state index contributed by atoms with van der Waals surface area (Å²) in [6, 6.07) is 26.9. The number of halogens is 4. The molecule has 0 unspecified atom stereocenters. The van der Waals surface area contributed by atoms with Gasteiger partial charge in [0, 0.05) is 11.6 Å². The fraction of sp³-hybridized carbons (Fsp3) is 0.244. The first-order valence-electron chi connectivity index (χ1n) is 16.3. The molecule has 0 nitrogen and oxygen atoms in total. The number of hydrogen-bond donors (Lipinski definition) is 0. The third-order valence-electron chi connectivity index (χ3n) is 9.04. The number of hydrogen-bond acceptors (Lipinski definition) is 0. The second kappa shape index (κ2) is 19.5. The Morgan fingerprint density at radius 1 is 0.720 bits per heavy atom. The maximum absolute atomic E-state index is 11.9. The molecule has 5 heteroatoms. The van der Waals surface area contributed by atoms with Gasteiger partial charge in [-0.25, -0.2) is 33.4 Å². The molecule has 0 aromatic heterocycles. The molecule has 0 aliphatic heterocycles. The van der Waals surface area contributed by atoms with Crippen molar-refractivity contribution in [3.63, 3.8) is 0 Å². The fourth-order valence-electron chi connectivity index (χ4n) is 6.25. The molecule has 50 heavy (non-hydrogen) atoms. The maximum atomic E-state index is 11.9. The molecular weight excluding hydrogens is 741 g/mol. The number of benzene rings is 4. The van der Waals surface area contributed by atoms with Crippen molar-refractivity contribution in [2.24, 2.45) is 0 Å². The number of fused-ring (bicyclic) bond motifs is 5. The predicted octanol–water partition coefficient (Wildman–Crippen LogP) is 12.6. The van der Waals surface area contributed by atoms with Crippen molar-refractivity contribution in [2.75, 3.05) is 0 Å². The van der Waals surface area contributed by atoms with Crippen molar-refractivity contribution < 1.29 is 33.0 Å². The van der Waals surface area contributed by atoms with Crippen LogP contribution >= 0.6 is 24.8 Å². The third kappa shape index (κ3) is 10.7. The van der Waals surface area contributed by atoms with Crippen LogP contribution in [0, 0.1) is 36.3 Å². The average Bonchev–Trinajstić information content (AvgIpc) is 3.78. The molecule has 0 saturated heterocycles. The van der Waals surface area contributed by atoms with Crippen LogP contribution in [-0.4, -0.2) is 4.21 Å². The average molecular weight is 787 g/mol. The monoisotopic (exact) mass is 784 g/mol. The summed E-state index contributed by atoms with van der Waals surface area (Å²) in [4.78, 5) is 0. The van der Waals surface area contributed by atoms with E-state index in [2.05, 4.69) is 113 Å². The molecule has 4 aromatic carbocycles. The first-order chi connectivity index (χ1) is 23.0. The van der Waals surface area contributed by atoms with Gasteiger partial charge in [0.25, 0.3) is 0 Å². The van der Waals surface area contributed by atoms with Gasteiger partial charge in [-0.05, 0) is 70.2 Å². The van der Waals surface area contributed by atoms with Crippen molar-refractivity contribution in [1.82, 2.24) is 0 Å². The van der Waals surface area contributed by atoms with Gasteiger partial charge in [0.05, 0.1) is 0 Å². The van der Waals surface area contributed by atoms with E-state index in [-0.39, 0.29) is 47.3 Å². The van der Waals surface area contributed by atoms with E-state index in [4.69, 9.17) is 0 Å². The zero-order valence-corrected chi connectivity index (χ0v) is 33.9. The minimum absolute atomic E-state index is 0. The Hall–Kier alpha value is -3.10. The van der Waals surface area contributed by atoms with Gasteiger partial charge in [-0.1, -0.05) is 62.9 Å². The number of allylic oxidation sites excluding steroid dienone is 8. The molecule has 4 aromatic rings. The van der Waals surface area contributed by atoms with Crippen molar-refractivity contribution in [3.8, 4) is 11.1 Å². The van der Waals surface area contributed by atoms with Crippen LogP contribution in [-0.2, 0) is 41.5 Å². The third-order valence-corrected chi connectivity index (χ3v) is 9.04. The molecule has 0 heterocycles. The molecule has 0 bridgehead atoms. The quantitative estimate of drug-likeness (QED) is 0.137. The Labute approximate surface area is 326 Å². The van der Waals surface area contributed by atoms with Gasteiger partial charge >= 0.3 is 28.4 Å². The zero-order valence-electron chi connectivity index (χ0n) is 29.8. The van der Waals surface area contributed by atoms with Gasteiger partial charge < -0.3 is 0 Å². The SMILES string of the molecule is CC1=C[CH-]C(C)(C)c2cc3c(cc21)-c1cc2c(cc1C3)C(C)(C)CC=C2C.Cl.Cl.Fc1cc[c-]cc1.Fc1cc[c-]cc1.[C-]1=CC=CC1.[CH2]=[Zr]. The van der Waals surface area contributed by atoms with E-state index in [1.165, 1.54) is 128 Å². The minimum atomic E-state index is -0.209. The Balaban J connectivity index is 0.000000307. The normalized spacial score (nSPS) is 15.3. The first kappa shape index (κ1) is 43.1. The van der Waals surface area contributed by atoms with Crippen LogP contribution in [0.2, 0.25) is 0 Å². The topological polar surface area (TPSA) is 0 Å². The number of rotatable bonds is 0. The van der Waals surface area contributed by atoms with Crippen LogP contribution in [0.15, 0.2) is 103 Å². The van der Waals surface area contributed by atoms with Crippen LogP contribution < -0.4 is 0 Å². The molecule has 0 radical (unpaired) electrons. The van der Waals surface area contributed by atoms with E-state index in [1.54, 1.807) is 0 Å². The van der Waals surface area contributed by atoms with E-state index in [0.717, 1.165) is 19.3 Å². The van der Waals surface area contributed by atoms with Gasteiger partial charge in [-0.15, -0.1) is 68.0 Å². The predicted molar refractivity (Wildman–Crippen MR) is 211 cm³/mol. The summed E-state index contributed by atoms with van der Waals surface area (Å²) < 4.78 is 27.1. The molecule has 4 aliphatic carbocycles. The summed E-state index contributed by atoms with van der Waals surface area (Å²) in [5, 5.41) is 0. The van der Waals surface area contributed by atoms with Gasteiger partial charge in [0.1, 0.15) is 0 Å². The molecule has 0 N–H and O–H groups in total. The summed E-state index contributed by atoms with van der Waals surface area (Å²) in [5.41, 5.74) is 15.0. The van der Waals surface area contributed by atoms with Crippen molar-refractivity contribution >= 4 is 40.2 Å². The van der Waals surface area contributed by atoms with E-state index in [1.807, 2.05) is 12.2 Å².